The molecule has 2 aliphatic rings. The Morgan fingerprint density at radius 3 is 1.83 bits per heavy atom. The third kappa shape index (κ3) is 4.18. The van der Waals surface area contributed by atoms with E-state index in [2.05, 4.69) is 0 Å². The van der Waals surface area contributed by atoms with Crippen molar-refractivity contribution in [2.45, 2.75) is 24.3 Å². The van der Waals surface area contributed by atoms with Crippen LogP contribution in [0.25, 0.3) is 0 Å². The summed E-state index contributed by atoms with van der Waals surface area (Å²) in [5, 5.41) is 0. The maximum atomic E-state index is 12.9. The van der Waals surface area contributed by atoms with Gasteiger partial charge >= 0.3 is 47.5 Å². The van der Waals surface area contributed by atoms with Gasteiger partial charge in [-0.25, -0.2) is 13.2 Å². The van der Waals surface area contributed by atoms with Crippen LogP contribution in [-0.4, -0.2) is 30.9 Å². The molecule has 0 bridgehead atoms. The van der Waals surface area contributed by atoms with Gasteiger partial charge in [0.2, 0.25) is 0 Å². The molecule has 0 aliphatic carbocycles. The first-order chi connectivity index (χ1) is 16.5. The molecule has 178 valence electrons. The van der Waals surface area contributed by atoms with E-state index < -0.39 is 38.5 Å². The number of carbonyl (C=O) groups is 3. The van der Waals surface area contributed by atoms with Crippen LogP contribution in [0.3, 0.4) is 0 Å². The van der Waals surface area contributed by atoms with E-state index in [4.69, 9.17) is 18.9 Å². The van der Waals surface area contributed by atoms with Crippen molar-refractivity contribution in [2.24, 2.45) is 0 Å². The molecule has 2 heterocycles. The van der Waals surface area contributed by atoms with Gasteiger partial charge in [0.15, 0.2) is 5.60 Å². The van der Waals surface area contributed by atoms with Gasteiger partial charge in [-0.1, -0.05) is 0 Å². The smallest absolute Gasteiger partial charge is 0.744 e. The third-order valence-corrected chi connectivity index (χ3v) is 6.36. The van der Waals surface area contributed by atoms with Crippen molar-refractivity contribution in [1.82, 2.24) is 0 Å². The van der Waals surface area contributed by atoms with Crippen molar-refractivity contribution in [3.63, 3.8) is 0 Å². The molecule has 0 saturated carbocycles. The first-order valence-electron chi connectivity index (χ1n) is 10.2. The number of benzene rings is 3. The fraction of sp³-hybridized carbons (Fsp3) is 0.125. The number of hydrogen-bond acceptors (Lipinski definition) is 10. The van der Waals surface area contributed by atoms with Gasteiger partial charge in [-0.15, -0.1) is 0 Å². The van der Waals surface area contributed by atoms with Crippen molar-refractivity contribution in [3.8, 4) is 23.0 Å². The van der Waals surface area contributed by atoms with E-state index in [-0.39, 0.29) is 63.7 Å². The van der Waals surface area contributed by atoms with E-state index in [0.717, 1.165) is 12.1 Å². The van der Waals surface area contributed by atoms with Gasteiger partial charge in [0.05, 0.1) is 10.5 Å². The second-order valence-electron chi connectivity index (χ2n) is 7.84. The Balaban J connectivity index is 0.00000304. The molecule has 3 aromatic rings. The molecule has 1 spiro atoms. The van der Waals surface area contributed by atoms with Crippen LogP contribution in [0.2, 0.25) is 0 Å². The third-order valence-electron chi connectivity index (χ3n) is 5.53. The average Bonchev–Trinajstić information content (AvgIpc) is 3.04. The molecular formula is C24H15NaO10S. The van der Waals surface area contributed by atoms with Crippen LogP contribution < -0.4 is 43.8 Å². The van der Waals surface area contributed by atoms with Gasteiger partial charge < -0.3 is 23.5 Å². The van der Waals surface area contributed by atoms with Gasteiger partial charge in [0.1, 0.15) is 33.1 Å². The molecular weight excluding hydrogens is 503 g/mol. The second-order valence-corrected chi connectivity index (χ2v) is 9.22. The van der Waals surface area contributed by atoms with Crippen molar-refractivity contribution >= 4 is 28.0 Å². The predicted molar refractivity (Wildman–Crippen MR) is 115 cm³/mol. The SMILES string of the molecule is CC(=O)Oc1ccc2c(c1)Oc1cc(OC(C)=O)ccc1C21OC(=O)c2ccc(S(=O)(=O)[O-])cc21.[Na+]. The van der Waals surface area contributed by atoms with E-state index in [9.17, 15) is 27.4 Å². The minimum Gasteiger partial charge on any atom is -0.744 e. The maximum absolute atomic E-state index is 12.9. The first kappa shape index (κ1) is 25.9. The summed E-state index contributed by atoms with van der Waals surface area (Å²) in [5.41, 5.74) is -0.920. The predicted octanol–water partition coefficient (Wildman–Crippen LogP) is 0.0133. The summed E-state index contributed by atoms with van der Waals surface area (Å²) >= 11 is 0. The molecule has 0 amide bonds. The van der Waals surface area contributed by atoms with Gasteiger partial charge in [0.25, 0.3) is 0 Å². The quantitative estimate of drug-likeness (QED) is 0.201. The summed E-state index contributed by atoms with van der Waals surface area (Å²) in [7, 11) is -4.86. The maximum Gasteiger partial charge on any atom is 1.00 e. The Kier molecular flexibility index (Phi) is 6.48. The van der Waals surface area contributed by atoms with Gasteiger partial charge in [-0.2, -0.15) is 0 Å². The fourth-order valence-electron chi connectivity index (χ4n) is 4.28. The summed E-state index contributed by atoms with van der Waals surface area (Å²) < 4.78 is 57.5. The molecule has 0 aromatic heterocycles. The molecule has 0 N–H and O–H groups in total. The van der Waals surface area contributed by atoms with Crippen LogP contribution in [0, 0.1) is 0 Å². The zero-order valence-corrected chi connectivity index (χ0v) is 22.0. The van der Waals surface area contributed by atoms with Crippen LogP contribution in [0.5, 0.6) is 23.0 Å². The van der Waals surface area contributed by atoms with Crippen molar-refractivity contribution in [3.05, 3.63) is 76.9 Å². The van der Waals surface area contributed by atoms with E-state index >= 15 is 0 Å². The van der Waals surface area contributed by atoms with Crippen LogP contribution in [0.15, 0.2) is 59.5 Å². The normalized spacial score (nSPS) is 14.4. The minimum absolute atomic E-state index is 0. The van der Waals surface area contributed by atoms with E-state index in [1.54, 1.807) is 0 Å². The van der Waals surface area contributed by atoms with Crippen molar-refractivity contribution in [1.29, 1.82) is 0 Å². The number of hydrogen-bond donors (Lipinski definition) is 0. The van der Waals surface area contributed by atoms with Crippen LogP contribution >= 0.6 is 0 Å². The average molecular weight is 518 g/mol. The number of rotatable bonds is 3. The van der Waals surface area contributed by atoms with E-state index in [1.807, 2.05) is 0 Å². The van der Waals surface area contributed by atoms with E-state index in [1.165, 1.54) is 56.3 Å². The molecule has 0 atom stereocenters. The number of ether oxygens (including phenoxy) is 4. The zero-order chi connectivity index (χ0) is 25.1. The summed E-state index contributed by atoms with van der Waals surface area (Å²) in [6.45, 7) is 2.45. The molecule has 0 saturated heterocycles. The van der Waals surface area contributed by atoms with Crippen molar-refractivity contribution in [2.75, 3.05) is 0 Å². The summed E-state index contributed by atoms with van der Waals surface area (Å²) in [4.78, 5) is 35.3. The van der Waals surface area contributed by atoms with Gasteiger partial charge in [0, 0.05) is 42.7 Å². The number of esters is 3. The summed E-state index contributed by atoms with van der Waals surface area (Å²) in [6.07, 6.45) is 0. The summed E-state index contributed by atoms with van der Waals surface area (Å²) in [6, 6.07) is 12.1. The number of fused-ring (bicyclic) bond motifs is 6. The Morgan fingerprint density at radius 1 is 0.833 bits per heavy atom. The molecule has 36 heavy (non-hydrogen) atoms. The largest absolute Gasteiger partial charge is 1.00 e. The van der Waals surface area contributed by atoms with Gasteiger partial charge in [-0.05, 0) is 42.5 Å². The first-order valence-corrected chi connectivity index (χ1v) is 11.6. The molecule has 2 aliphatic heterocycles. The van der Waals surface area contributed by atoms with Crippen LogP contribution in [0.1, 0.15) is 40.9 Å². The zero-order valence-electron chi connectivity index (χ0n) is 19.2. The topological polar surface area (TPSA) is 145 Å². The second kappa shape index (κ2) is 9.02. The van der Waals surface area contributed by atoms with Crippen molar-refractivity contribution < 1.29 is 75.9 Å². The summed E-state index contributed by atoms with van der Waals surface area (Å²) in [5.74, 6) is -1.34. The Labute approximate surface area is 227 Å². The fourth-order valence-corrected chi connectivity index (χ4v) is 4.77. The molecule has 5 rings (SSSR count). The Bertz CT molecular complexity index is 1500. The van der Waals surface area contributed by atoms with Gasteiger partial charge in [-0.3, -0.25) is 9.59 Å². The number of carbonyl (C=O) groups excluding carboxylic acids is 3. The van der Waals surface area contributed by atoms with E-state index in [0.29, 0.717) is 11.1 Å². The molecule has 3 aromatic carbocycles. The molecule has 0 radical (unpaired) electrons. The van der Waals surface area contributed by atoms with Crippen LogP contribution in [0.4, 0.5) is 0 Å². The molecule has 0 unspecified atom stereocenters. The Hall–Kier alpha value is -3.22. The monoisotopic (exact) mass is 518 g/mol. The van der Waals surface area contributed by atoms with Crippen LogP contribution in [-0.2, 0) is 30.0 Å². The minimum atomic E-state index is -4.86. The molecule has 10 nitrogen and oxygen atoms in total. The molecule has 0 fully saturated rings. The Morgan fingerprint density at radius 2 is 1.36 bits per heavy atom. The molecule has 12 heteroatoms. The standard InChI is InChI=1S/C24H16O10S.Na/c1-12(25)31-14-3-7-18-21(9-14)33-22-10-15(32-13(2)26)4-8-19(22)24(18)20-11-16(35(28,29)30)5-6-17(20)23(27)34-24;/h3-11H,1-2H3,(H,28,29,30);/q;+1/p-1.